The van der Waals surface area contributed by atoms with E-state index in [-0.39, 0.29) is 10.6 Å². The largest absolute Gasteiger partial charge is 0.369 e. The highest BCUT2D eigenvalue weighted by atomic mass is 35.5. The van der Waals surface area contributed by atoms with Gasteiger partial charge >= 0.3 is 0 Å². The molecule has 0 radical (unpaired) electrons. The molecular formula is C22H22ClN3O. The molecule has 2 heterocycles. The highest BCUT2D eigenvalue weighted by Gasteiger charge is 2.17. The lowest BCUT2D eigenvalue weighted by Gasteiger charge is -2.36. The fourth-order valence-corrected chi connectivity index (χ4v) is 3.61. The van der Waals surface area contributed by atoms with Crippen molar-refractivity contribution in [3.63, 3.8) is 0 Å². The minimum Gasteiger partial charge on any atom is -0.369 e. The van der Waals surface area contributed by atoms with Crippen LogP contribution in [0.25, 0.3) is 11.3 Å². The van der Waals surface area contributed by atoms with E-state index in [0.717, 1.165) is 44.0 Å². The summed E-state index contributed by atoms with van der Waals surface area (Å²) in [5.41, 5.74) is 4.07. The summed E-state index contributed by atoms with van der Waals surface area (Å²) in [6, 6.07) is 22.4. The number of piperazine rings is 1. The molecule has 1 N–H and O–H groups in total. The molecule has 0 atom stereocenters. The number of pyridine rings is 1. The lowest BCUT2D eigenvalue weighted by Crippen LogP contribution is -2.45. The monoisotopic (exact) mass is 379 g/mol. The lowest BCUT2D eigenvalue weighted by molar-refractivity contribution is 0.250. The molecule has 1 aliphatic heterocycles. The maximum atomic E-state index is 11.8. The van der Waals surface area contributed by atoms with E-state index >= 15 is 0 Å². The summed E-state index contributed by atoms with van der Waals surface area (Å²) in [7, 11) is 0. The quantitative estimate of drug-likeness (QED) is 0.744. The topological polar surface area (TPSA) is 39.3 Å². The van der Waals surface area contributed by atoms with E-state index in [0.29, 0.717) is 0 Å². The van der Waals surface area contributed by atoms with Crippen LogP contribution in [-0.4, -0.2) is 36.1 Å². The number of anilines is 1. The van der Waals surface area contributed by atoms with Gasteiger partial charge in [-0.3, -0.25) is 9.69 Å². The molecular weight excluding hydrogens is 358 g/mol. The van der Waals surface area contributed by atoms with Crippen LogP contribution < -0.4 is 10.5 Å². The third kappa shape index (κ3) is 4.24. The molecule has 1 aliphatic rings. The van der Waals surface area contributed by atoms with Gasteiger partial charge in [0.15, 0.2) is 0 Å². The number of hydrogen-bond acceptors (Lipinski definition) is 3. The number of benzene rings is 2. The third-order valence-electron chi connectivity index (χ3n) is 5.01. The maximum Gasteiger partial charge on any atom is 0.267 e. The maximum absolute atomic E-state index is 11.8. The van der Waals surface area contributed by atoms with Crippen LogP contribution in [0, 0.1) is 0 Å². The number of halogens is 1. The van der Waals surface area contributed by atoms with Crippen LogP contribution in [0.4, 0.5) is 5.69 Å². The Kier molecular flexibility index (Phi) is 5.28. The molecule has 5 heteroatoms. The SMILES string of the molecule is O=c1[nH]c(-c2cccc(N3CCN(Cc4ccccc4)CC3)c2)ccc1Cl. The van der Waals surface area contributed by atoms with Crippen molar-refractivity contribution < 1.29 is 0 Å². The first-order chi connectivity index (χ1) is 13.2. The first-order valence-corrected chi connectivity index (χ1v) is 9.57. The molecule has 1 fully saturated rings. The fraction of sp³-hybridized carbons (Fsp3) is 0.227. The molecule has 3 aromatic rings. The lowest BCUT2D eigenvalue weighted by atomic mass is 10.1. The van der Waals surface area contributed by atoms with Gasteiger partial charge in [-0.15, -0.1) is 0 Å². The highest BCUT2D eigenvalue weighted by molar-refractivity contribution is 6.30. The van der Waals surface area contributed by atoms with E-state index in [4.69, 9.17) is 11.6 Å². The molecule has 27 heavy (non-hydrogen) atoms. The zero-order valence-electron chi connectivity index (χ0n) is 15.1. The Morgan fingerprint density at radius 1 is 0.889 bits per heavy atom. The smallest absolute Gasteiger partial charge is 0.267 e. The highest BCUT2D eigenvalue weighted by Crippen LogP contribution is 2.24. The third-order valence-corrected chi connectivity index (χ3v) is 5.30. The Labute approximate surface area is 164 Å². The van der Waals surface area contributed by atoms with Crippen molar-refractivity contribution in [2.45, 2.75) is 6.54 Å². The second kappa shape index (κ2) is 7.99. The average molecular weight is 380 g/mol. The van der Waals surface area contributed by atoms with Crippen LogP contribution in [0.15, 0.2) is 71.5 Å². The van der Waals surface area contributed by atoms with Crippen molar-refractivity contribution in [1.29, 1.82) is 0 Å². The molecule has 138 valence electrons. The summed E-state index contributed by atoms with van der Waals surface area (Å²) < 4.78 is 0. The summed E-state index contributed by atoms with van der Waals surface area (Å²) in [4.78, 5) is 19.5. The number of nitrogens with zero attached hydrogens (tertiary/aromatic N) is 2. The molecule has 0 amide bonds. The standard InChI is InChI=1S/C22H22ClN3O/c23-20-9-10-21(24-22(20)27)18-7-4-8-19(15-18)26-13-11-25(12-14-26)16-17-5-2-1-3-6-17/h1-10,15H,11-14,16H2,(H,24,27). The Morgan fingerprint density at radius 2 is 1.67 bits per heavy atom. The molecule has 0 aliphatic carbocycles. The molecule has 0 unspecified atom stereocenters. The normalized spacial score (nSPS) is 15.1. The van der Waals surface area contributed by atoms with Gasteiger partial charge in [-0.2, -0.15) is 0 Å². The summed E-state index contributed by atoms with van der Waals surface area (Å²) in [5, 5.41) is 0.212. The van der Waals surface area contributed by atoms with Crippen LogP contribution in [0.1, 0.15) is 5.56 Å². The molecule has 1 saturated heterocycles. The fourth-order valence-electron chi connectivity index (χ4n) is 3.50. The van der Waals surface area contributed by atoms with Crippen LogP contribution in [-0.2, 0) is 6.54 Å². The number of nitrogens with one attached hydrogen (secondary N) is 1. The van der Waals surface area contributed by atoms with Gasteiger partial charge in [0.05, 0.1) is 0 Å². The minimum atomic E-state index is -0.255. The van der Waals surface area contributed by atoms with E-state index in [2.05, 4.69) is 57.2 Å². The molecule has 0 bridgehead atoms. The average Bonchev–Trinajstić information content (AvgIpc) is 2.71. The zero-order chi connectivity index (χ0) is 18.6. The molecule has 0 spiro atoms. The van der Waals surface area contributed by atoms with Gasteiger partial charge in [0.2, 0.25) is 0 Å². The van der Waals surface area contributed by atoms with Crippen molar-refractivity contribution >= 4 is 17.3 Å². The Hall–Kier alpha value is -2.56. The van der Waals surface area contributed by atoms with Gasteiger partial charge in [-0.1, -0.05) is 54.1 Å². The van der Waals surface area contributed by atoms with Gasteiger partial charge in [0.1, 0.15) is 5.02 Å². The van der Waals surface area contributed by atoms with Crippen molar-refractivity contribution in [3.05, 3.63) is 87.7 Å². The van der Waals surface area contributed by atoms with E-state index < -0.39 is 0 Å². The van der Waals surface area contributed by atoms with Crippen molar-refractivity contribution in [3.8, 4) is 11.3 Å². The molecule has 2 aromatic carbocycles. The van der Waals surface area contributed by atoms with Crippen LogP contribution >= 0.6 is 11.6 Å². The first kappa shape index (κ1) is 17.8. The molecule has 1 aromatic heterocycles. The van der Waals surface area contributed by atoms with Crippen molar-refractivity contribution in [1.82, 2.24) is 9.88 Å². The van der Waals surface area contributed by atoms with Crippen molar-refractivity contribution in [2.75, 3.05) is 31.1 Å². The number of rotatable bonds is 4. The van der Waals surface area contributed by atoms with Crippen molar-refractivity contribution in [2.24, 2.45) is 0 Å². The van der Waals surface area contributed by atoms with E-state index in [1.54, 1.807) is 6.07 Å². The first-order valence-electron chi connectivity index (χ1n) is 9.19. The summed E-state index contributed by atoms with van der Waals surface area (Å²) in [5.74, 6) is 0. The van der Waals surface area contributed by atoms with Crippen LogP contribution in [0.2, 0.25) is 5.02 Å². The van der Waals surface area contributed by atoms with Gasteiger partial charge in [-0.05, 0) is 29.8 Å². The summed E-state index contributed by atoms with van der Waals surface area (Å²) in [6.07, 6.45) is 0. The molecule has 4 nitrogen and oxygen atoms in total. The van der Waals surface area contributed by atoms with E-state index in [1.165, 1.54) is 11.3 Å². The Balaban J connectivity index is 1.44. The van der Waals surface area contributed by atoms with E-state index in [1.807, 2.05) is 18.2 Å². The van der Waals surface area contributed by atoms with Gasteiger partial charge < -0.3 is 9.88 Å². The van der Waals surface area contributed by atoms with Crippen LogP contribution in [0.5, 0.6) is 0 Å². The van der Waals surface area contributed by atoms with Gasteiger partial charge in [-0.25, -0.2) is 0 Å². The number of H-pyrrole nitrogens is 1. The number of aromatic amines is 1. The molecule has 0 saturated carbocycles. The minimum absolute atomic E-state index is 0.212. The summed E-state index contributed by atoms with van der Waals surface area (Å²) >= 11 is 5.84. The Morgan fingerprint density at radius 3 is 2.41 bits per heavy atom. The van der Waals surface area contributed by atoms with E-state index in [9.17, 15) is 4.79 Å². The van der Waals surface area contributed by atoms with Crippen LogP contribution in [0.3, 0.4) is 0 Å². The van der Waals surface area contributed by atoms with Gasteiger partial charge in [0.25, 0.3) is 5.56 Å². The predicted octanol–water partition coefficient (Wildman–Crippen LogP) is 4.02. The number of hydrogen-bond donors (Lipinski definition) is 1. The summed E-state index contributed by atoms with van der Waals surface area (Å²) in [6.45, 7) is 5.06. The predicted molar refractivity (Wildman–Crippen MR) is 111 cm³/mol. The Bertz CT molecular complexity index is 963. The second-order valence-electron chi connectivity index (χ2n) is 6.85. The molecule has 4 rings (SSSR count). The number of aromatic nitrogens is 1. The van der Waals surface area contributed by atoms with Gasteiger partial charge in [0, 0.05) is 49.7 Å². The zero-order valence-corrected chi connectivity index (χ0v) is 15.8. The second-order valence-corrected chi connectivity index (χ2v) is 7.26.